The molecule has 1 saturated heterocycles. The van der Waals surface area contributed by atoms with Gasteiger partial charge in [0.15, 0.2) is 5.96 Å². The van der Waals surface area contributed by atoms with Crippen molar-refractivity contribution in [2.45, 2.75) is 38.3 Å². The molecule has 2 rings (SSSR count). The van der Waals surface area contributed by atoms with Crippen molar-refractivity contribution < 1.29 is 9.84 Å². The van der Waals surface area contributed by atoms with E-state index in [0.717, 1.165) is 51.3 Å². The van der Waals surface area contributed by atoms with Crippen LogP contribution in [0.3, 0.4) is 0 Å². The maximum absolute atomic E-state index is 10.7. The first-order chi connectivity index (χ1) is 11.9. The fourth-order valence-electron chi connectivity index (χ4n) is 3.34. The average molecular weight is 356 g/mol. The predicted octanol–water partition coefficient (Wildman–Crippen LogP) is -0.0351. The van der Waals surface area contributed by atoms with Gasteiger partial charge in [-0.1, -0.05) is 0 Å². The lowest BCUT2D eigenvalue weighted by Crippen LogP contribution is -2.49. The molecular weight excluding hydrogens is 318 g/mol. The zero-order valence-corrected chi connectivity index (χ0v) is 16.4. The van der Waals surface area contributed by atoms with Crippen LogP contribution in [0.2, 0.25) is 0 Å². The Kier molecular flexibility index (Phi) is 7.93. The molecule has 0 radical (unpaired) electrons. The Bertz CT molecular complexity index is 416. The van der Waals surface area contributed by atoms with E-state index < -0.39 is 5.60 Å². The van der Waals surface area contributed by atoms with Crippen LogP contribution >= 0.6 is 0 Å². The van der Waals surface area contributed by atoms with E-state index in [1.54, 1.807) is 0 Å². The summed E-state index contributed by atoms with van der Waals surface area (Å²) in [4.78, 5) is 9.17. The van der Waals surface area contributed by atoms with Crippen LogP contribution in [0.5, 0.6) is 0 Å². The van der Waals surface area contributed by atoms with Gasteiger partial charge in [-0.15, -0.1) is 0 Å². The fourth-order valence-corrected chi connectivity index (χ4v) is 3.34. The molecule has 2 atom stereocenters. The Balaban J connectivity index is 1.84. The lowest BCUT2D eigenvalue weighted by molar-refractivity contribution is -0.0180. The molecule has 2 unspecified atom stereocenters. The van der Waals surface area contributed by atoms with E-state index in [1.807, 2.05) is 6.92 Å². The van der Waals surface area contributed by atoms with Crippen molar-refractivity contribution in [1.82, 2.24) is 20.4 Å². The molecule has 7 nitrogen and oxygen atoms in total. The maximum atomic E-state index is 10.7. The fraction of sp³-hybridized carbons (Fsp3) is 0.944. The minimum Gasteiger partial charge on any atom is -0.387 e. The third kappa shape index (κ3) is 7.48. The highest BCUT2D eigenvalue weighted by Crippen LogP contribution is 2.34. The van der Waals surface area contributed by atoms with Gasteiger partial charge in [-0.25, -0.2) is 0 Å². The molecule has 25 heavy (non-hydrogen) atoms. The van der Waals surface area contributed by atoms with E-state index in [-0.39, 0.29) is 0 Å². The van der Waals surface area contributed by atoms with Crippen LogP contribution < -0.4 is 10.6 Å². The first kappa shape index (κ1) is 20.4. The quantitative estimate of drug-likeness (QED) is 0.398. The monoisotopic (exact) mass is 355 g/mol. The van der Waals surface area contributed by atoms with E-state index in [2.05, 4.69) is 46.4 Å². The zero-order chi connectivity index (χ0) is 18.3. The predicted molar refractivity (Wildman–Crippen MR) is 102 cm³/mol. The molecule has 1 aliphatic heterocycles. The molecule has 0 aromatic carbocycles. The average Bonchev–Trinajstić information content (AvgIpc) is 3.38. The molecule has 1 aliphatic carbocycles. The van der Waals surface area contributed by atoms with Gasteiger partial charge in [0.05, 0.1) is 25.4 Å². The Morgan fingerprint density at radius 2 is 2.00 bits per heavy atom. The van der Waals surface area contributed by atoms with Gasteiger partial charge in [0.2, 0.25) is 0 Å². The van der Waals surface area contributed by atoms with Gasteiger partial charge in [-0.2, -0.15) is 0 Å². The molecule has 0 aromatic rings. The molecule has 1 heterocycles. The Hall–Kier alpha value is -0.890. The molecule has 0 spiro atoms. The van der Waals surface area contributed by atoms with E-state index >= 15 is 0 Å². The number of likely N-dealkylation sites (N-methyl/N-ethyl adjacent to an activating group) is 1. The summed E-state index contributed by atoms with van der Waals surface area (Å²) < 4.78 is 5.37. The van der Waals surface area contributed by atoms with Crippen LogP contribution in [0.1, 0.15) is 26.7 Å². The molecule has 2 fully saturated rings. The standard InChI is InChI=1S/C18H37N5O2/c1-5-19-17(20-12-16(22(3)4)15-6-7-15)21-13-18(2,24)14-23-8-10-25-11-9-23/h15-16,24H,5-14H2,1-4H3,(H2,19,20,21). The normalized spacial score (nSPS) is 23.4. The number of rotatable bonds is 9. The number of aliphatic imine (C=N–C) groups is 1. The van der Waals surface area contributed by atoms with Crippen LogP contribution in [0.25, 0.3) is 0 Å². The van der Waals surface area contributed by atoms with Crippen LogP contribution in [-0.2, 0) is 4.74 Å². The number of hydrogen-bond donors (Lipinski definition) is 3. The summed E-state index contributed by atoms with van der Waals surface area (Å²) in [5, 5.41) is 17.4. The maximum Gasteiger partial charge on any atom is 0.191 e. The van der Waals surface area contributed by atoms with E-state index in [4.69, 9.17) is 4.74 Å². The molecule has 0 bridgehead atoms. The van der Waals surface area contributed by atoms with Gasteiger partial charge >= 0.3 is 0 Å². The van der Waals surface area contributed by atoms with Crippen molar-refractivity contribution in [2.24, 2.45) is 10.9 Å². The first-order valence-corrected chi connectivity index (χ1v) is 9.62. The molecule has 0 amide bonds. The van der Waals surface area contributed by atoms with E-state index in [1.165, 1.54) is 12.8 Å². The second-order valence-electron chi connectivity index (χ2n) is 7.83. The van der Waals surface area contributed by atoms with Crippen molar-refractivity contribution in [2.75, 3.05) is 66.6 Å². The smallest absolute Gasteiger partial charge is 0.191 e. The minimum absolute atomic E-state index is 0.385. The van der Waals surface area contributed by atoms with Crippen LogP contribution in [-0.4, -0.2) is 99.1 Å². The number of hydrogen-bond acceptors (Lipinski definition) is 5. The Labute approximate surface area is 152 Å². The van der Waals surface area contributed by atoms with Crippen LogP contribution in [0.4, 0.5) is 0 Å². The Morgan fingerprint density at radius 1 is 1.32 bits per heavy atom. The van der Waals surface area contributed by atoms with E-state index in [9.17, 15) is 5.11 Å². The number of nitrogens with zero attached hydrogens (tertiary/aromatic N) is 3. The van der Waals surface area contributed by atoms with Crippen molar-refractivity contribution >= 4 is 5.96 Å². The SMILES string of the molecule is CCNC(=NCC(C)(O)CN1CCOCC1)NCC(C1CC1)N(C)C. The summed E-state index contributed by atoms with van der Waals surface area (Å²) in [5.74, 6) is 1.59. The first-order valence-electron chi connectivity index (χ1n) is 9.62. The second-order valence-corrected chi connectivity index (χ2v) is 7.83. The third-order valence-electron chi connectivity index (χ3n) is 4.90. The molecule has 1 saturated carbocycles. The van der Waals surface area contributed by atoms with Crippen molar-refractivity contribution in [3.63, 3.8) is 0 Å². The summed E-state index contributed by atoms with van der Waals surface area (Å²) >= 11 is 0. The number of ether oxygens (including phenoxy) is 1. The van der Waals surface area contributed by atoms with Gasteiger partial charge < -0.3 is 25.4 Å². The lowest BCUT2D eigenvalue weighted by atomic mass is 10.1. The van der Waals surface area contributed by atoms with Gasteiger partial charge in [0, 0.05) is 38.8 Å². The van der Waals surface area contributed by atoms with Gasteiger partial charge in [0.25, 0.3) is 0 Å². The number of morpholine rings is 1. The van der Waals surface area contributed by atoms with E-state index in [0.29, 0.717) is 19.1 Å². The molecule has 2 aliphatic rings. The number of nitrogens with one attached hydrogen (secondary N) is 2. The summed E-state index contributed by atoms with van der Waals surface area (Å²) in [7, 11) is 4.28. The molecule has 3 N–H and O–H groups in total. The number of aliphatic hydroxyl groups is 1. The molecular formula is C18H37N5O2. The summed E-state index contributed by atoms with van der Waals surface area (Å²) in [6.07, 6.45) is 2.65. The van der Waals surface area contributed by atoms with Crippen LogP contribution in [0, 0.1) is 5.92 Å². The summed E-state index contributed by atoms with van der Waals surface area (Å²) in [5.41, 5.74) is -0.836. The highest BCUT2D eigenvalue weighted by atomic mass is 16.5. The van der Waals surface area contributed by atoms with Crippen molar-refractivity contribution in [1.29, 1.82) is 0 Å². The molecule has 146 valence electrons. The molecule has 0 aromatic heterocycles. The number of guanidine groups is 1. The lowest BCUT2D eigenvalue weighted by Gasteiger charge is -2.33. The van der Waals surface area contributed by atoms with Crippen molar-refractivity contribution in [3.8, 4) is 0 Å². The molecule has 7 heteroatoms. The second kappa shape index (κ2) is 9.71. The van der Waals surface area contributed by atoms with Gasteiger partial charge in [-0.05, 0) is 46.7 Å². The number of β-amino-alcohol motifs (C(OH)–C–C–N with tert-alkyl or cyclic N) is 1. The summed E-state index contributed by atoms with van der Waals surface area (Å²) in [6.45, 7) is 9.89. The van der Waals surface area contributed by atoms with Gasteiger partial charge in [-0.3, -0.25) is 9.89 Å². The van der Waals surface area contributed by atoms with Gasteiger partial charge in [0.1, 0.15) is 0 Å². The third-order valence-corrected chi connectivity index (χ3v) is 4.90. The highest BCUT2D eigenvalue weighted by molar-refractivity contribution is 5.79. The van der Waals surface area contributed by atoms with Crippen LogP contribution in [0.15, 0.2) is 4.99 Å². The Morgan fingerprint density at radius 3 is 2.56 bits per heavy atom. The largest absolute Gasteiger partial charge is 0.387 e. The zero-order valence-electron chi connectivity index (χ0n) is 16.4. The van der Waals surface area contributed by atoms with Crippen molar-refractivity contribution in [3.05, 3.63) is 0 Å². The topological polar surface area (TPSA) is 72.4 Å². The summed E-state index contributed by atoms with van der Waals surface area (Å²) in [6, 6.07) is 0.540. The minimum atomic E-state index is -0.836. The highest BCUT2D eigenvalue weighted by Gasteiger charge is 2.32.